The van der Waals surface area contributed by atoms with Gasteiger partial charge in [-0.05, 0) is 49.8 Å². The standard InChI is InChI=1S/C16H25N3O.HI/c1-4-17-16(18-10-13-5-6-13)19-11-14-7-8-15(20-3)12(2)9-14;/h7-9,13H,4-6,10-11H2,1-3H3,(H2,17,18,19);1H. The van der Waals surface area contributed by atoms with Gasteiger partial charge in [-0.25, -0.2) is 4.99 Å². The summed E-state index contributed by atoms with van der Waals surface area (Å²) in [7, 11) is 1.70. The highest BCUT2D eigenvalue weighted by Crippen LogP contribution is 2.27. The summed E-state index contributed by atoms with van der Waals surface area (Å²) in [6.45, 7) is 6.75. The number of ether oxygens (including phenoxy) is 1. The Hall–Kier alpha value is -0.980. The fourth-order valence-electron chi connectivity index (χ4n) is 2.11. The molecule has 1 aromatic carbocycles. The molecule has 2 rings (SSSR count). The molecule has 1 saturated carbocycles. The fraction of sp³-hybridized carbons (Fsp3) is 0.562. The van der Waals surface area contributed by atoms with Crippen molar-refractivity contribution in [2.45, 2.75) is 33.2 Å². The predicted molar refractivity (Wildman–Crippen MR) is 98.7 cm³/mol. The van der Waals surface area contributed by atoms with E-state index in [0.29, 0.717) is 6.54 Å². The maximum atomic E-state index is 5.28. The second-order valence-corrected chi connectivity index (χ2v) is 5.32. The van der Waals surface area contributed by atoms with E-state index in [-0.39, 0.29) is 24.0 Å². The molecule has 0 radical (unpaired) electrons. The van der Waals surface area contributed by atoms with E-state index < -0.39 is 0 Å². The smallest absolute Gasteiger partial charge is 0.191 e. The van der Waals surface area contributed by atoms with Crippen molar-refractivity contribution in [1.29, 1.82) is 0 Å². The number of hydrogen-bond donors (Lipinski definition) is 2. The van der Waals surface area contributed by atoms with Gasteiger partial charge in [-0.3, -0.25) is 0 Å². The molecule has 21 heavy (non-hydrogen) atoms. The Morgan fingerprint density at radius 2 is 2.10 bits per heavy atom. The van der Waals surface area contributed by atoms with Gasteiger partial charge in [0.2, 0.25) is 0 Å². The SMILES string of the molecule is CCNC(=NCc1ccc(OC)c(C)c1)NCC1CC1.I. The van der Waals surface area contributed by atoms with Crippen molar-refractivity contribution in [3.63, 3.8) is 0 Å². The summed E-state index contributed by atoms with van der Waals surface area (Å²) in [5.41, 5.74) is 2.35. The average Bonchev–Trinajstić information content (AvgIpc) is 3.26. The van der Waals surface area contributed by atoms with Crippen molar-refractivity contribution in [3.05, 3.63) is 29.3 Å². The molecule has 1 fully saturated rings. The van der Waals surface area contributed by atoms with Crippen LogP contribution in [-0.4, -0.2) is 26.2 Å². The van der Waals surface area contributed by atoms with E-state index in [1.165, 1.54) is 18.4 Å². The van der Waals surface area contributed by atoms with Crippen molar-refractivity contribution < 1.29 is 4.74 Å². The quantitative estimate of drug-likeness (QED) is 0.436. The summed E-state index contributed by atoms with van der Waals surface area (Å²) in [5.74, 6) is 2.69. The molecule has 0 aliphatic heterocycles. The van der Waals surface area contributed by atoms with Crippen LogP contribution in [0.15, 0.2) is 23.2 Å². The highest BCUT2D eigenvalue weighted by molar-refractivity contribution is 14.0. The molecule has 5 heteroatoms. The van der Waals surface area contributed by atoms with Crippen molar-refractivity contribution in [3.8, 4) is 5.75 Å². The van der Waals surface area contributed by atoms with Crippen LogP contribution in [-0.2, 0) is 6.54 Å². The van der Waals surface area contributed by atoms with Crippen molar-refractivity contribution in [2.24, 2.45) is 10.9 Å². The van der Waals surface area contributed by atoms with Crippen LogP contribution in [0, 0.1) is 12.8 Å². The molecular weight excluding hydrogens is 377 g/mol. The van der Waals surface area contributed by atoms with Crippen LogP contribution >= 0.6 is 24.0 Å². The minimum atomic E-state index is 0. The molecule has 0 atom stereocenters. The van der Waals surface area contributed by atoms with Gasteiger partial charge in [-0.2, -0.15) is 0 Å². The van der Waals surface area contributed by atoms with E-state index in [1.807, 2.05) is 6.07 Å². The molecule has 0 saturated heterocycles. The summed E-state index contributed by atoms with van der Waals surface area (Å²) in [6, 6.07) is 6.21. The number of aryl methyl sites for hydroxylation is 1. The number of nitrogens with zero attached hydrogens (tertiary/aromatic N) is 1. The summed E-state index contributed by atoms with van der Waals surface area (Å²) in [4.78, 5) is 4.63. The Morgan fingerprint density at radius 3 is 2.67 bits per heavy atom. The fourth-order valence-corrected chi connectivity index (χ4v) is 2.11. The first-order chi connectivity index (χ1) is 9.72. The number of rotatable bonds is 6. The van der Waals surface area contributed by atoms with Crippen molar-refractivity contribution in [1.82, 2.24) is 10.6 Å². The Bertz CT molecular complexity index is 473. The zero-order valence-electron chi connectivity index (χ0n) is 13.1. The third kappa shape index (κ3) is 6.11. The molecule has 0 bridgehead atoms. The van der Waals surface area contributed by atoms with Crippen LogP contribution in [0.3, 0.4) is 0 Å². The largest absolute Gasteiger partial charge is 0.496 e. The van der Waals surface area contributed by atoms with Crippen LogP contribution < -0.4 is 15.4 Å². The van der Waals surface area contributed by atoms with Crippen LogP contribution in [0.1, 0.15) is 30.9 Å². The van der Waals surface area contributed by atoms with Gasteiger partial charge in [-0.15, -0.1) is 24.0 Å². The Balaban J connectivity index is 0.00000220. The van der Waals surface area contributed by atoms with Gasteiger partial charge in [0.15, 0.2) is 5.96 Å². The molecule has 1 aromatic rings. The second kappa shape index (κ2) is 9.12. The van der Waals surface area contributed by atoms with Gasteiger partial charge in [0.1, 0.15) is 5.75 Å². The maximum absolute atomic E-state index is 5.28. The second-order valence-electron chi connectivity index (χ2n) is 5.32. The minimum Gasteiger partial charge on any atom is -0.496 e. The van der Waals surface area contributed by atoms with Gasteiger partial charge in [0.05, 0.1) is 13.7 Å². The molecule has 0 unspecified atom stereocenters. The number of aliphatic imine (C=N–C) groups is 1. The molecule has 2 N–H and O–H groups in total. The summed E-state index contributed by atoms with van der Waals surface area (Å²) in [5, 5.41) is 6.69. The summed E-state index contributed by atoms with van der Waals surface area (Å²) >= 11 is 0. The van der Waals surface area contributed by atoms with E-state index in [9.17, 15) is 0 Å². The normalized spacial score (nSPS) is 14.3. The Labute approximate surface area is 144 Å². The molecule has 118 valence electrons. The number of halogens is 1. The van der Waals surface area contributed by atoms with Gasteiger partial charge >= 0.3 is 0 Å². The first kappa shape index (κ1) is 18.1. The zero-order valence-corrected chi connectivity index (χ0v) is 15.4. The lowest BCUT2D eigenvalue weighted by molar-refractivity contribution is 0.411. The van der Waals surface area contributed by atoms with E-state index in [4.69, 9.17) is 4.74 Å². The van der Waals surface area contributed by atoms with E-state index in [1.54, 1.807) is 7.11 Å². The number of guanidine groups is 1. The lowest BCUT2D eigenvalue weighted by Crippen LogP contribution is -2.38. The highest BCUT2D eigenvalue weighted by Gasteiger charge is 2.20. The molecule has 0 aromatic heterocycles. The van der Waals surface area contributed by atoms with Gasteiger partial charge in [0, 0.05) is 13.1 Å². The van der Waals surface area contributed by atoms with Crippen molar-refractivity contribution in [2.75, 3.05) is 20.2 Å². The molecule has 1 aliphatic carbocycles. The monoisotopic (exact) mass is 403 g/mol. The molecule has 0 amide bonds. The number of benzene rings is 1. The van der Waals surface area contributed by atoms with E-state index in [2.05, 4.69) is 41.6 Å². The molecule has 0 heterocycles. The first-order valence-electron chi connectivity index (χ1n) is 7.38. The minimum absolute atomic E-state index is 0. The average molecular weight is 403 g/mol. The predicted octanol–water partition coefficient (Wildman–Crippen LogP) is 3.09. The van der Waals surface area contributed by atoms with Crippen LogP contribution in [0.2, 0.25) is 0 Å². The van der Waals surface area contributed by atoms with Gasteiger partial charge in [0.25, 0.3) is 0 Å². The molecule has 4 nitrogen and oxygen atoms in total. The highest BCUT2D eigenvalue weighted by atomic mass is 127. The van der Waals surface area contributed by atoms with E-state index >= 15 is 0 Å². The maximum Gasteiger partial charge on any atom is 0.191 e. The summed E-state index contributed by atoms with van der Waals surface area (Å²) < 4.78 is 5.28. The first-order valence-corrected chi connectivity index (χ1v) is 7.38. The van der Waals surface area contributed by atoms with Crippen LogP contribution in [0.25, 0.3) is 0 Å². The summed E-state index contributed by atoms with van der Waals surface area (Å²) in [6.07, 6.45) is 2.70. The lowest BCUT2D eigenvalue weighted by Gasteiger charge is -2.11. The van der Waals surface area contributed by atoms with E-state index in [0.717, 1.165) is 36.3 Å². The van der Waals surface area contributed by atoms with Crippen LogP contribution in [0.4, 0.5) is 0 Å². The van der Waals surface area contributed by atoms with Gasteiger partial charge in [-0.1, -0.05) is 12.1 Å². The number of methoxy groups -OCH3 is 1. The number of hydrogen-bond acceptors (Lipinski definition) is 2. The number of nitrogens with one attached hydrogen (secondary N) is 2. The molecular formula is C16H26IN3O. The third-order valence-electron chi connectivity index (χ3n) is 3.48. The topological polar surface area (TPSA) is 45.7 Å². The van der Waals surface area contributed by atoms with Crippen molar-refractivity contribution >= 4 is 29.9 Å². The van der Waals surface area contributed by atoms with Crippen LogP contribution in [0.5, 0.6) is 5.75 Å². The lowest BCUT2D eigenvalue weighted by atomic mass is 10.1. The third-order valence-corrected chi connectivity index (χ3v) is 3.48. The van der Waals surface area contributed by atoms with Gasteiger partial charge < -0.3 is 15.4 Å². The molecule has 1 aliphatic rings. The molecule has 0 spiro atoms. The Morgan fingerprint density at radius 1 is 1.33 bits per heavy atom. The Kier molecular flexibility index (Phi) is 7.85. The zero-order chi connectivity index (χ0) is 14.4.